The van der Waals surface area contributed by atoms with E-state index in [-0.39, 0.29) is 5.69 Å². The van der Waals surface area contributed by atoms with Gasteiger partial charge in [0, 0.05) is 10.7 Å². The van der Waals surface area contributed by atoms with E-state index in [1.54, 1.807) is 0 Å². The molecule has 98 valence electrons. The predicted molar refractivity (Wildman–Crippen MR) is 57.7 cm³/mol. The van der Waals surface area contributed by atoms with E-state index in [0.717, 1.165) is 0 Å². The molecule has 2 rings (SSSR count). The fraction of sp³-hybridized carbons (Fsp3) is 0.400. The molecule has 3 nitrogen and oxygen atoms in total. The van der Waals surface area contributed by atoms with Gasteiger partial charge in [-0.25, -0.2) is 4.98 Å². The van der Waals surface area contributed by atoms with Crippen molar-refractivity contribution in [2.75, 3.05) is 13.1 Å². The van der Waals surface area contributed by atoms with Crippen LogP contribution in [0.1, 0.15) is 10.5 Å². The molecular formula is C10H7BrF4N2O. The minimum Gasteiger partial charge on any atom is -0.325 e. The van der Waals surface area contributed by atoms with Crippen LogP contribution in [0.2, 0.25) is 0 Å². The maximum absolute atomic E-state index is 12.9. The first-order valence-corrected chi connectivity index (χ1v) is 5.69. The van der Waals surface area contributed by atoms with E-state index in [1.807, 2.05) is 0 Å². The lowest BCUT2D eigenvalue weighted by Crippen LogP contribution is -2.38. The lowest BCUT2D eigenvalue weighted by Gasteiger charge is -2.14. The number of carbonyl (C=O) groups is 1. The monoisotopic (exact) mass is 326 g/mol. The minimum absolute atomic E-state index is 0.147. The molecule has 1 aromatic rings. The Hall–Kier alpha value is -1.18. The molecule has 1 aromatic heterocycles. The summed E-state index contributed by atoms with van der Waals surface area (Å²) in [5.41, 5.74) is -0.147. The van der Waals surface area contributed by atoms with Gasteiger partial charge in [-0.15, -0.1) is 0 Å². The van der Waals surface area contributed by atoms with Gasteiger partial charge in [0.1, 0.15) is 5.69 Å². The predicted octanol–water partition coefficient (Wildman–Crippen LogP) is 2.57. The molecule has 0 radical (unpaired) electrons. The highest BCUT2D eigenvalue weighted by Gasteiger charge is 2.63. The minimum atomic E-state index is -4.20. The number of pyridine rings is 1. The van der Waals surface area contributed by atoms with Crippen LogP contribution in [-0.4, -0.2) is 40.7 Å². The van der Waals surface area contributed by atoms with Crippen LogP contribution in [0.25, 0.3) is 0 Å². The van der Waals surface area contributed by atoms with Crippen LogP contribution in [0.5, 0.6) is 0 Å². The van der Waals surface area contributed by atoms with E-state index in [2.05, 4.69) is 20.9 Å². The molecule has 0 aliphatic carbocycles. The standard InChI is InChI=1S/C10H7BrF4N2O/c11-6-1-2-7(16-3-6)8(18)17-4-9(12,13)10(14,15)5-17/h1-3H,4-5H2. The van der Waals surface area contributed by atoms with Gasteiger partial charge in [-0.2, -0.15) is 17.6 Å². The molecule has 2 heterocycles. The van der Waals surface area contributed by atoms with Crippen LogP contribution in [0.4, 0.5) is 17.6 Å². The van der Waals surface area contributed by atoms with Gasteiger partial charge in [0.2, 0.25) is 0 Å². The molecule has 0 saturated carbocycles. The average molecular weight is 327 g/mol. The SMILES string of the molecule is O=C(c1ccc(Br)cn1)N1CC(F)(F)C(F)(F)C1. The molecule has 1 aliphatic heterocycles. The summed E-state index contributed by atoms with van der Waals surface area (Å²) in [6, 6.07) is 2.76. The number of aromatic nitrogens is 1. The molecular weight excluding hydrogens is 320 g/mol. The van der Waals surface area contributed by atoms with Crippen LogP contribution in [0, 0.1) is 0 Å². The van der Waals surface area contributed by atoms with Gasteiger partial charge in [0.25, 0.3) is 5.91 Å². The third-order valence-corrected chi connectivity index (χ3v) is 3.02. The summed E-state index contributed by atoms with van der Waals surface area (Å²) in [5, 5.41) is 0. The fourth-order valence-corrected chi connectivity index (χ4v) is 1.81. The van der Waals surface area contributed by atoms with Crippen LogP contribution < -0.4 is 0 Å². The second kappa shape index (κ2) is 4.18. The van der Waals surface area contributed by atoms with Gasteiger partial charge in [0.05, 0.1) is 13.1 Å². The molecule has 1 fully saturated rings. The van der Waals surface area contributed by atoms with E-state index in [9.17, 15) is 22.4 Å². The summed E-state index contributed by atoms with van der Waals surface area (Å²) in [6.07, 6.45) is 1.29. The largest absolute Gasteiger partial charge is 0.329 e. The van der Waals surface area contributed by atoms with Crippen molar-refractivity contribution >= 4 is 21.8 Å². The third kappa shape index (κ3) is 2.21. The van der Waals surface area contributed by atoms with Crippen LogP contribution in [-0.2, 0) is 0 Å². The van der Waals surface area contributed by atoms with Crippen molar-refractivity contribution in [1.82, 2.24) is 9.88 Å². The second-order valence-corrected chi connectivity index (χ2v) is 4.85. The lowest BCUT2D eigenvalue weighted by molar-refractivity contribution is -0.172. The Balaban J connectivity index is 2.20. The quantitative estimate of drug-likeness (QED) is 0.743. The highest BCUT2D eigenvalue weighted by molar-refractivity contribution is 9.10. The molecule has 0 unspecified atom stereocenters. The van der Waals surface area contributed by atoms with Gasteiger partial charge in [-0.1, -0.05) is 0 Å². The number of rotatable bonds is 1. The summed E-state index contributed by atoms with van der Waals surface area (Å²) in [6.45, 7) is -2.59. The molecule has 0 atom stereocenters. The maximum atomic E-state index is 12.9. The van der Waals surface area contributed by atoms with Crippen molar-refractivity contribution in [3.8, 4) is 0 Å². The summed E-state index contributed by atoms with van der Waals surface area (Å²) in [5.74, 6) is -9.32. The summed E-state index contributed by atoms with van der Waals surface area (Å²) in [7, 11) is 0. The van der Waals surface area contributed by atoms with Crippen molar-refractivity contribution in [3.63, 3.8) is 0 Å². The number of hydrogen-bond acceptors (Lipinski definition) is 2. The number of halogens is 5. The van der Waals surface area contributed by atoms with E-state index < -0.39 is 30.8 Å². The highest BCUT2D eigenvalue weighted by Crippen LogP contribution is 2.41. The number of nitrogens with zero attached hydrogens (tertiary/aromatic N) is 2. The van der Waals surface area contributed by atoms with E-state index in [0.29, 0.717) is 9.37 Å². The molecule has 0 spiro atoms. The zero-order valence-corrected chi connectivity index (χ0v) is 10.4. The maximum Gasteiger partial charge on any atom is 0.329 e. The normalized spacial score (nSPS) is 21.1. The zero-order valence-electron chi connectivity index (χ0n) is 8.84. The number of likely N-dealkylation sites (tertiary alicyclic amines) is 1. The Morgan fingerprint density at radius 2 is 1.78 bits per heavy atom. The number of carbonyl (C=O) groups excluding carboxylic acids is 1. The van der Waals surface area contributed by atoms with Crippen molar-refractivity contribution in [2.45, 2.75) is 11.8 Å². The molecule has 1 amide bonds. The van der Waals surface area contributed by atoms with Crippen LogP contribution in [0.3, 0.4) is 0 Å². The van der Waals surface area contributed by atoms with Gasteiger partial charge in [-0.3, -0.25) is 4.79 Å². The fourth-order valence-electron chi connectivity index (χ4n) is 1.57. The number of hydrogen-bond donors (Lipinski definition) is 0. The molecule has 0 aromatic carbocycles. The third-order valence-electron chi connectivity index (χ3n) is 2.55. The Labute approximate surface area is 108 Å². The van der Waals surface area contributed by atoms with Crippen LogP contribution >= 0.6 is 15.9 Å². The molecule has 1 aliphatic rings. The smallest absolute Gasteiger partial charge is 0.325 e. The van der Waals surface area contributed by atoms with E-state index >= 15 is 0 Å². The molecule has 0 N–H and O–H groups in total. The van der Waals surface area contributed by atoms with Crippen molar-refractivity contribution in [2.24, 2.45) is 0 Å². The van der Waals surface area contributed by atoms with Gasteiger partial charge in [0.15, 0.2) is 0 Å². The molecule has 8 heteroatoms. The van der Waals surface area contributed by atoms with Crippen molar-refractivity contribution in [1.29, 1.82) is 0 Å². The number of alkyl halides is 4. The summed E-state index contributed by atoms with van der Waals surface area (Å²) in [4.78, 5) is 15.8. The number of amides is 1. The van der Waals surface area contributed by atoms with Crippen molar-refractivity contribution in [3.05, 3.63) is 28.5 Å². The Bertz CT molecular complexity index is 461. The first-order valence-electron chi connectivity index (χ1n) is 4.89. The first-order chi connectivity index (χ1) is 8.23. The summed E-state index contributed by atoms with van der Waals surface area (Å²) < 4.78 is 52.4. The van der Waals surface area contributed by atoms with Gasteiger partial charge < -0.3 is 4.90 Å². The van der Waals surface area contributed by atoms with Gasteiger partial charge >= 0.3 is 11.8 Å². The lowest BCUT2D eigenvalue weighted by atomic mass is 10.2. The van der Waals surface area contributed by atoms with Gasteiger partial charge in [-0.05, 0) is 28.1 Å². The highest BCUT2D eigenvalue weighted by atomic mass is 79.9. The topological polar surface area (TPSA) is 33.2 Å². The Kier molecular flexibility index (Phi) is 3.08. The molecule has 18 heavy (non-hydrogen) atoms. The van der Waals surface area contributed by atoms with E-state index in [1.165, 1.54) is 18.3 Å². The zero-order chi connectivity index (χ0) is 13.6. The Morgan fingerprint density at radius 3 is 2.22 bits per heavy atom. The Morgan fingerprint density at radius 1 is 1.22 bits per heavy atom. The van der Waals surface area contributed by atoms with Crippen LogP contribution in [0.15, 0.2) is 22.8 Å². The van der Waals surface area contributed by atoms with E-state index in [4.69, 9.17) is 0 Å². The molecule has 1 saturated heterocycles. The first kappa shape index (κ1) is 13.3. The molecule has 0 bridgehead atoms. The average Bonchev–Trinajstić information content (AvgIpc) is 2.48. The van der Waals surface area contributed by atoms with Crippen molar-refractivity contribution < 1.29 is 22.4 Å². The second-order valence-electron chi connectivity index (χ2n) is 3.93. The summed E-state index contributed by atoms with van der Waals surface area (Å²) >= 11 is 3.09.